The van der Waals surface area contributed by atoms with Crippen LogP contribution in [0.1, 0.15) is 17.4 Å². The van der Waals surface area contributed by atoms with Crippen molar-refractivity contribution in [2.24, 2.45) is 7.05 Å². The smallest absolute Gasteiger partial charge is 0.176 e. The fourth-order valence-electron chi connectivity index (χ4n) is 1.74. The van der Waals surface area contributed by atoms with Gasteiger partial charge in [0.15, 0.2) is 5.82 Å². The van der Waals surface area contributed by atoms with Crippen molar-refractivity contribution in [2.75, 3.05) is 7.05 Å². The van der Waals surface area contributed by atoms with E-state index in [0.717, 1.165) is 5.56 Å². The Kier molecular flexibility index (Phi) is 4.16. The van der Waals surface area contributed by atoms with E-state index >= 15 is 0 Å². The summed E-state index contributed by atoms with van der Waals surface area (Å²) in [4.78, 5) is 1.43. The minimum atomic E-state index is 0.000370. The van der Waals surface area contributed by atoms with E-state index < -0.39 is 0 Å². The van der Waals surface area contributed by atoms with Crippen LogP contribution < -0.4 is 5.32 Å². The number of likely N-dealkylation sites (N-methyl/N-ethyl adjacent to an activating group) is 1. The molecule has 0 radical (unpaired) electrons. The molecule has 1 N–H and O–H groups in total. The molecule has 1 unspecified atom stereocenters. The van der Waals surface area contributed by atoms with Crippen molar-refractivity contribution in [2.45, 2.75) is 12.5 Å². The number of hydrogen-bond acceptors (Lipinski definition) is 4. The normalized spacial score (nSPS) is 12.7. The minimum absolute atomic E-state index is 0.000370. The Morgan fingerprint density at radius 3 is 2.78 bits per heavy atom. The number of rotatable bonds is 4. The van der Waals surface area contributed by atoms with Gasteiger partial charge in [0.05, 0.1) is 7.05 Å². The maximum atomic E-state index is 6.18. The minimum Gasteiger partial charge on any atom is -0.313 e. The van der Waals surface area contributed by atoms with E-state index in [1.165, 1.54) is 4.80 Å². The van der Waals surface area contributed by atoms with Gasteiger partial charge in [-0.2, -0.15) is 4.80 Å². The van der Waals surface area contributed by atoms with Crippen LogP contribution in [0, 0.1) is 0 Å². The fourth-order valence-corrected chi connectivity index (χ4v) is 2.17. The van der Waals surface area contributed by atoms with Crippen LogP contribution in [0.15, 0.2) is 18.2 Å². The number of benzene rings is 1. The summed E-state index contributed by atoms with van der Waals surface area (Å²) in [7, 11) is 3.59. The van der Waals surface area contributed by atoms with Gasteiger partial charge in [-0.1, -0.05) is 23.2 Å². The van der Waals surface area contributed by atoms with Crippen LogP contribution in [0.25, 0.3) is 0 Å². The third-order valence-corrected chi connectivity index (χ3v) is 3.20. The zero-order valence-corrected chi connectivity index (χ0v) is 11.6. The summed E-state index contributed by atoms with van der Waals surface area (Å²) in [6, 6.07) is 5.40. The summed E-state index contributed by atoms with van der Waals surface area (Å²) >= 11 is 12.2. The molecular weight excluding hydrogens is 273 g/mol. The predicted molar refractivity (Wildman–Crippen MR) is 70.8 cm³/mol. The van der Waals surface area contributed by atoms with E-state index in [1.54, 1.807) is 19.2 Å². The lowest BCUT2D eigenvalue weighted by atomic mass is 10.0. The predicted octanol–water partition coefficient (Wildman–Crippen LogP) is 2.02. The molecule has 7 heteroatoms. The third-order valence-electron chi connectivity index (χ3n) is 2.62. The van der Waals surface area contributed by atoms with Gasteiger partial charge in [-0.25, -0.2) is 0 Å². The van der Waals surface area contributed by atoms with Gasteiger partial charge in [-0.3, -0.25) is 0 Å². The fraction of sp³-hybridized carbons (Fsp3) is 0.364. The van der Waals surface area contributed by atoms with Gasteiger partial charge in [0, 0.05) is 22.5 Å². The molecule has 0 spiro atoms. The third kappa shape index (κ3) is 2.98. The number of aromatic nitrogens is 4. The second-order valence-corrected chi connectivity index (χ2v) is 4.75. The highest BCUT2D eigenvalue weighted by Gasteiger charge is 2.16. The summed E-state index contributed by atoms with van der Waals surface area (Å²) < 4.78 is 0. The molecule has 1 aromatic heterocycles. The zero-order valence-electron chi connectivity index (χ0n) is 10.1. The quantitative estimate of drug-likeness (QED) is 0.934. The number of halogens is 2. The number of hydrogen-bond donors (Lipinski definition) is 1. The second kappa shape index (κ2) is 5.65. The molecule has 0 saturated heterocycles. The molecule has 1 heterocycles. The van der Waals surface area contributed by atoms with E-state index in [1.807, 2.05) is 13.1 Å². The van der Waals surface area contributed by atoms with E-state index in [-0.39, 0.29) is 6.04 Å². The molecule has 0 aliphatic carbocycles. The standard InChI is InChI=1S/C11H13Cl2N5/c1-14-10(6-11-15-17-18(2)16-11)8-5-7(12)3-4-9(8)13/h3-5,10,14H,6H2,1-2H3. The van der Waals surface area contributed by atoms with Crippen LogP contribution in [0.3, 0.4) is 0 Å². The highest BCUT2D eigenvalue weighted by Crippen LogP contribution is 2.27. The molecule has 2 aromatic rings. The number of nitrogens with zero attached hydrogens (tertiary/aromatic N) is 4. The lowest BCUT2D eigenvalue weighted by molar-refractivity contribution is 0.570. The van der Waals surface area contributed by atoms with Gasteiger partial charge >= 0.3 is 0 Å². The summed E-state index contributed by atoms with van der Waals surface area (Å²) in [5.41, 5.74) is 0.930. The summed E-state index contributed by atoms with van der Waals surface area (Å²) in [6.07, 6.45) is 0.602. The Morgan fingerprint density at radius 2 is 2.17 bits per heavy atom. The van der Waals surface area contributed by atoms with Crippen LogP contribution >= 0.6 is 23.2 Å². The average molecular weight is 286 g/mol. The van der Waals surface area contributed by atoms with E-state index in [0.29, 0.717) is 22.3 Å². The maximum absolute atomic E-state index is 6.18. The Morgan fingerprint density at radius 1 is 1.39 bits per heavy atom. The summed E-state index contributed by atoms with van der Waals surface area (Å²) in [5.74, 6) is 0.660. The van der Waals surface area contributed by atoms with Gasteiger partial charge in [0.2, 0.25) is 0 Å². The van der Waals surface area contributed by atoms with Crippen molar-refractivity contribution in [1.82, 2.24) is 25.5 Å². The molecule has 0 amide bonds. The van der Waals surface area contributed by atoms with Gasteiger partial charge in [0.1, 0.15) is 0 Å². The molecule has 0 aliphatic heterocycles. The van der Waals surface area contributed by atoms with Crippen LogP contribution in [-0.2, 0) is 13.5 Å². The van der Waals surface area contributed by atoms with Gasteiger partial charge in [-0.15, -0.1) is 10.2 Å². The summed E-state index contributed by atoms with van der Waals surface area (Å²) in [6.45, 7) is 0. The molecule has 0 aliphatic rings. The van der Waals surface area contributed by atoms with Crippen LogP contribution in [-0.4, -0.2) is 27.3 Å². The van der Waals surface area contributed by atoms with Crippen molar-refractivity contribution < 1.29 is 0 Å². The molecule has 1 atom stereocenters. The summed E-state index contributed by atoms with van der Waals surface area (Å²) in [5, 5.41) is 16.4. The SMILES string of the molecule is CNC(Cc1nnn(C)n1)c1cc(Cl)ccc1Cl. The molecular formula is C11H13Cl2N5. The van der Waals surface area contributed by atoms with Gasteiger partial charge < -0.3 is 5.32 Å². The van der Waals surface area contributed by atoms with E-state index in [2.05, 4.69) is 20.7 Å². The first-order valence-electron chi connectivity index (χ1n) is 5.45. The second-order valence-electron chi connectivity index (χ2n) is 3.91. The maximum Gasteiger partial charge on any atom is 0.176 e. The lowest BCUT2D eigenvalue weighted by Gasteiger charge is -2.16. The van der Waals surface area contributed by atoms with Crippen LogP contribution in [0.4, 0.5) is 0 Å². The molecule has 0 fully saturated rings. The first-order chi connectivity index (χ1) is 8.60. The Hall–Kier alpha value is -1.17. The zero-order chi connectivity index (χ0) is 13.1. The molecule has 5 nitrogen and oxygen atoms in total. The first kappa shape index (κ1) is 13.3. The number of aryl methyl sites for hydroxylation is 1. The topological polar surface area (TPSA) is 55.6 Å². The molecule has 18 heavy (non-hydrogen) atoms. The van der Waals surface area contributed by atoms with Crippen molar-refractivity contribution in [3.05, 3.63) is 39.6 Å². The largest absolute Gasteiger partial charge is 0.313 e. The molecule has 0 bridgehead atoms. The van der Waals surface area contributed by atoms with Gasteiger partial charge in [-0.05, 0) is 36.0 Å². The highest BCUT2D eigenvalue weighted by atomic mass is 35.5. The van der Waals surface area contributed by atoms with E-state index in [9.17, 15) is 0 Å². The Labute approximate surface area is 115 Å². The molecule has 2 rings (SSSR count). The monoisotopic (exact) mass is 285 g/mol. The van der Waals surface area contributed by atoms with Gasteiger partial charge in [0.25, 0.3) is 0 Å². The highest BCUT2D eigenvalue weighted by molar-refractivity contribution is 6.33. The Balaban J connectivity index is 2.25. The van der Waals surface area contributed by atoms with Crippen molar-refractivity contribution in [3.63, 3.8) is 0 Å². The average Bonchev–Trinajstić information content (AvgIpc) is 2.75. The van der Waals surface area contributed by atoms with Crippen LogP contribution in [0.5, 0.6) is 0 Å². The van der Waals surface area contributed by atoms with Crippen molar-refractivity contribution in [1.29, 1.82) is 0 Å². The number of tetrazole rings is 1. The molecule has 0 saturated carbocycles. The van der Waals surface area contributed by atoms with Crippen molar-refractivity contribution in [3.8, 4) is 0 Å². The Bertz CT molecular complexity index is 540. The molecule has 96 valence electrons. The lowest BCUT2D eigenvalue weighted by Crippen LogP contribution is -2.20. The van der Waals surface area contributed by atoms with Crippen molar-refractivity contribution >= 4 is 23.2 Å². The number of nitrogens with one attached hydrogen (secondary N) is 1. The molecule has 1 aromatic carbocycles. The first-order valence-corrected chi connectivity index (χ1v) is 6.21. The van der Waals surface area contributed by atoms with Crippen LogP contribution in [0.2, 0.25) is 10.0 Å². The van der Waals surface area contributed by atoms with E-state index in [4.69, 9.17) is 23.2 Å².